The molecule has 2 aromatic rings. The van der Waals surface area contributed by atoms with Crippen LogP contribution in [0.1, 0.15) is 55.7 Å². The van der Waals surface area contributed by atoms with Crippen LogP contribution >= 0.6 is 11.6 Å². The fourth-order valence-electron chi connectivity index (χ4n) is 4.68. The maximum absolute atomic E-state index is 13.7. The van der Waals surface area contributed by atoms with Crippen LogP contribution in [0.2, 0.25) is 5.02 Å². The SMILES string of the molecule is CCC(C(=O)NC1CCCC1)N(Cc1ccc(C)cc1)C(=O)CN(c1ccc(Cl)c(C(F)(F)F)c1)S(C)(=O)=O. The Balaban J connectivity index is 1.97. The first kappa shape index (κ1) is 30.7. The lowest BCUT2D eigenvalue weighted by atomic mass is 10.1. The predicted molar refractivity (Wildman–Crippen MR) is 145 cm³/mol. The Morgan fingerprint density at radius 2 is 1.72 bits per heavy atom. The number of carbonyl (C=O) groups excluding carboxylic acids is 2. The van der Waals surface area contributed by atoms with E-state index in [1.54, 1.807) is 19.1 Å². The lowest BCUT2D eigenvalue weighted by Crippen LogP contribution is -2.53. The van der Waals surface area contributed by atoms with Crippen LogP contribution in [0, 0.1) is 6.92 Å². The topological polar surface area (TPSA) is 86.8 Å². The predicted octanol–water partition coefficient (Wildman–Crippen LogP) is 5.30. The zero-order valence-electron chi connectivity index (χ0n) is 22.1. The number of hydrogen-bond donors (Lipinski definition) is 1. The van der Waals surface area contributed by atoms with Crippen LogP contribution in [-0.2, 0) is 32.3 Å². The van der Waals surface area contributed by atoms with Crippen molar-refractivity contribution in [3.63, 3.8) is 0 Å². The summed E-state index contributed by atoms with van der Waals surface area (Å²) in [4.78, 5) is 28.3. The molecule has 1 fully saturated rings. The summed E-state index contributed by atoms with van der Waals surface area (Å²) >= 11 is 5.71. The fraction of sp³-hybridized carbons (Fsp3) is 0.481. The van der Waals surface area contributed by atoms with Gasteiger partial charge in [0, 0.05) is 12.6 Å². The van der Waals surface area contributed by atoms with Gasteiger partial charge in [-0.15, -0.1) is 0 Å². The molecule has 214 valence electrons. The highest BCUT2D eigenvalue weighted by Crippen LogP contribution is 2.37. The van der Waals surface area contributed by atoms with Crippen LogP contribution in [-0.4, -0.2) is 50.0 Å². The Morgan fingerprint density at radius 1 is 1.10 bits per heavy atom. The minimum atomic E-state index is -4.83. The Labute approximate surface area is 232 Å². The molecule has 1 unspecified atom stereocenters. The molecule has 0 heterocycles. The monoisotopic (exact) mass is 587 g/mol. The molecule has 0 radical (unpaired) electrons. The molecule has 3 rings (SSSR count). The summed E-state index contributed by atoms with van der Waals surface area (Å²) < 4.78 is 66.5. The Morgan fingerprint density at radius 3 is 2.26 bits per heavy atom. The zero-order chi connectivity index (χ0) is 29.0. The maximum atomic E-state index is 13.7. The van der Waals surface area contributed by atoms with Gasteiger partial charge >= 0.3 is 6.18 Å². The van der Waals surface area contributed by atoms with Crippen molar-refractivity contribution in [2.24, 2.45) is 0 Å². The van der Waals surface area contributed by atoms with Crippen molar-refractivity contribution in [1.29, 1.82) is 0 Å². The summed E-state index contributed by atoms with van der Waals surface area (Å²) in [7, 11) is -4.20. The third kappa shape index (κ3) is 8.11. The van der Waals surface area contributed by atoms with Crippen molar-refractivity contribution in [3.8, 4) is 0 Å². The number of hydrogen-bond acceptors (Lipinski definition) is 4. The first-order valence-corrected chi connectivity index (χ1v) is 14.9. The second-order valence-corrected chi connectivity index (χ2v) is 12.2. The van der Waals surface area contributed by atoms with Crippen LogP contribution < -0.4 is 9.62 Å². The lowest BCUT2D eigenvalue weighted by molar-refractivity contribution is -0.140. The Hall–Kier alpha value is -2.79. The van der Waals surface area contributed by atoms with Crippen molar-refractivity contribution < 1.29 is 31.2 Å². The van der Waals surface area contributed by atoms with E-state index >= 15 is 0 Å². The molecular weight excluding hydrogens is 555 g/mol. The average Bonchev–Trinajstić information content (AvgIpc) is 3.35. The third-order valence-electron chi connectivity index (χ3n) is 6.78. The second-order valence-electron chi connectivity index (χ2n) is 9.85. The number of aryl methyl sites for hydroxylation is 1. The lowest BCUT2D eigenvalue weighted by Gasteiger charge is -2.33. The van der Waals surface area contributed by atoms with Gasteiger partial charge in [0.15, 0.2) is 0 Å². The van der Waals surface area contributed by atoms with E-state index in [2.05, 4.69) is 5.32 Å². The fourth-order valence-corrected chi connectivity index (χ4v) is 5.74. The first-order chi connectivity index (χ1) is 18.2. The van der Waals surface area contributed by atoms with Gasteiger partial charge in [-0.1, -0.05) is 61.2 Å². The minimum Gasteiger partial charge on any atom is -0.352 e. The van der Waals surface area contributed by atoms with E-state index in [9.17, 15) is 31.2 Å². The largest absolute Gasteiger partial charge is 0.417 e. The van der Waals surface area contributed by atoms with Gasteiger partial charge in [-0.05, 0) is 49.9 Å². The number of nitrogens with zero attached hydrogens (tertiary/aromatic N) is 2. The maximum Gasteiger partial charge on any atom is 0.417 e. The number of carbonyl (C=O) groups is 2. The van der Waals surface area contributed by atoms with Crippen molar-refractivity contribution in [3.05, 3.63) is 64.2 Å². The number of sulfonamides is 1. The quantitative estimate of drug-likeness (QED) is 0.409. The zero-order valence-corrected chi connectivity index (χ0v) is 23.7. The van der Waals surface area contributed by atoms with Gasteiger partial charge in [0.1, 0.15) is 12.6 Å². The van der Waals surface area contributed by atoms with Gasteiger partial charge in [0.2, 0.25) is 21.8 Å². The molecule has 2 aromatic carbocycles. The molecule has 1 N–H and O–H groups in total. The summed E-state index contributed by atoms with van der Waals surface area (Å²) in [5.41, 5.74) is 0.134. The summed E-state index contributed by atoms with van der Waals surface area (Å²) in [5.74, 6) is -1.07. The number of benzene rings is 2. The van der Waals surface area contributed by atoms with Gasteiger partial charge < -0.3 is 10.2 Å². The van der Waals surface area contributed by atoms with E-state index < -0.39 is 45.3 Å². The number of rotatable bonds is 10. The van der Waals surface area contributed by atoms with Crippen LogP contribution in [0.25, 0.3) is 0 Å². The van der Waals surface area contributed by atoms with E-state index in [0.29, 0.717) is 10.4 Å². The highest BCUT2D eigenvalue weighted by molar-refractivity contribution is 7.92. The van der Waals surface area contributed by atoms with E-state index in [-0.39, 0.29) is 30.6 Å². The van der Waals surface area contributed by atoms with E-state index in [1.807, 2.05) is 19.1 Å². The molecule has 0 aromatic heterocycles. The standard InChI is InChI=1S/C27H33ClF3N3O4S/c1-4-24(26(36)32-20-7-5-6-8-20)33(16-19-11-9-18(2)10-12-19)25(35)17-34(39(3,37)38)21-13-14-23(28)22(15-21)27(29,30)31/h9-15,20,24H,4-8,16-17H2,1-3H3,(H,32,36). The van der Waals surface area contributed by atoms with Crippen LogP contribution in [0.15, 0.2) is 42.5 Å². The van der Waals surface area contributed by atoms with Crippen LogP contribution in [0.5, 0.6) is 0 Å². The molecule has 7 nitrogen and oxygen atoms in total. The van der Waals surface area contributed by atoms with Crippen molar-refractivity contribution in [2.75, 3.05) is 17.1 Å². The number of halogens is 4. The molecular formula is C27H33ClF3N3O4S. The van der Waals surface area contributed by atoms with Gasteiger partial charge in [-0.3, -0.25) is 13.9 Å². The number of nitrogens with one attached hydrogen (secondary N) is 1. The molecule has 1 atom stereocenters. The highest BCUT2D eigenvalue weighted by atomic mass is 35.5. The van der Waals surface area contributed by atoms with Crippen LogP contribution in [0.4, 0.5) is 18.9 Å². The molecule has 2 amide bonds. The summed E-state index contributed by atoms with van der Waals surface area (Å²) in [6.07, 6.45) is -0.0909. The average molecular weight is 588 g/mol. The molecule has 0 saturated heterocycles. The highest BCUT2D eigenvalue weighted by Gasteiger charge is 2.36. The number of amides is 2. The van der Waals surface area contributed by atoms with Crippen LogP contribution in [0.3, 0.4) is 0 Å². The smallest absolute Gasteiger partial charge is 0.352 e. The van der Waals surface area contributed by atoms with Gasteiger partial charge in [0.05, 0.1) is 22.5 Å². The van der Waals surface area contributed by atoms with E-state index in [1.165, 1.54) is 4.90 Å². The number of anilines is 1. The second kappa shape index (κ2) is 12.6. The third-order valence-corrected chi connectivity index (χ3v) is 8.25. The summed E-state index contributed by atoms with van der Waals surface area (Å²) in [6.45, 7) is 2.87. The van der Waals surface area contributed by atoms with E-state index in [4.69, 9.17) is 11.6 Å². The van der Waals surface area contributed by atoms with Gasteiger partial charge in [0.25, 0.3) is 0 Å². The van der Waals surface area contributed by atoms with Crippen molar-refractivity contribution >= 4 is 39.1 Å². The molecule has 1 saturated carbocycles. The molecule has 1 aliphatic rings. The normalized spacial score (nSPS) is 15.2. The van der Waals surface area contributed by atoms with Gasteiger partial charge in [-0.25, -0.2) is 8.42 Å². The molecule has 0 spiro atoms. The summed E-state index contributed by atoms with van der Waals surface area (Å²) in [5, 5.41) is 2.41. The van der Waals surface area contributed by atoms with E-state index in [0.717, 1.165) is 55.2 Å². The number of alkyl halides is 3. The minimum absolute atomic E-state index is 0.00486. The Kier molecular flexibility index (Phi) is 9.93. The molecule has 0 aliphatic heterocycles. The molecule has 12 heteroatoms. The Bertz CT molecular complexity index is 1280. The summed E-state index contributed by atoms with van der Waals surface area (Å²) in [6, 6.07) is 9.07. The van der Waals surface area contributed by atoms with Gasteiger partial charge in [-0.2, -0.15) is 13.2 Å². The molecule has 39 heavy (non-hydrogen) atoms. The molecule has 1 aliphatic carbocycles. The van der Waals surface area contributed by atoms with Crippen molar-refractivity contribution in [1.82, 2.24) is 10.2 Å². The van der Waals surface area contributed by atoms with Crippen molar-refractivity contribution in [2.45, 2.75) is 70.8 Å². The first-order valence-electron chi connectivity index (χ1n) is 12.7. The molecule has 0 bridgehead atoms.